The van der Waals surface area contributed by atoms with Crippen molar-refractivity contribution in [3.63, 3.8) is 0 Å². The minimum Gasteiger partial charge on any atom is -0.492 e. The molecule has 6 nitrogen and oxygen atoms in total. The van der Waals surface area contributed by atoms with E-state index in [-0.39, 0.29) is 5.91 Å². The average Bonchev–Trinajstić information content (AvgIpc) is 2.93. The van der Waals surface area contributed by atoms with Crippen molar-refractivity contribution in [2.75, 3.05) is 25.9 Å². The van der Waals surface area contributed by atoms with Crippen LogP contribution in [0.4, 0.5) is 5.82 Å². The highest BCUT2D eigenvalue weighted by molar-refractivity contribution is 5.92. The Morgan fingerprint density at radius 2 is 2.24 bits per heavy atom. The SMILES string of the molecule is CCc1cccc(OCCN(C)C(=O)c2cc(N)n[nH]2)c1. The topological polar surface area (TPSA) is 84.2 Å². The molecule has 0 atom stereocenters. The summed E-state index contributed by atoms with van der Waals surface area (Å²) in [4.78, 5) is 13.6. The van der Waals surface area contributed by atoms with Gasteiger partial charge in [0, 0.05) is 13.1 Å². The second-order valence-electron chi connectivity index (χ2n) is 4.78. The van der Waals surface area contributed by atoms with Crippen LogP contribution < -0.4 is 10.5 Å². The largest absolute Gasteiger partial charge is 0.492 e. The minimum absolute atomic E-state index is 0.162. The zero-order chi connectivity index (χ0) is 15.2. The Labute approximate surface area is 123 Å². The van der Waals surface area contributed by atoms with Gasteiger partial charge in [0.25, 0.3) is 5.91 Å². The second-order valence-corrected chi connectivity index (χ2v) is 4.78. The first-order valence-corrected chi connectivity index (χ1v) is 6.88. The molecule has 21 heavy (non-hydrogen) atoms. The van der Waals surface area contributed by atoms with Crippen LogP contribution in [0.1, 0.15) is 23.0 Å². The number of nitrogens with zero attached hydrogens (tertiary/aromatic N) is 2. The molecule has 6 heteroatoms. The zero-order valence-electron chi connectivity index (χ0n) is 12.3. The van der Waals surface area contributed by atoms with Gasteiger partial charge in [-0.25, -0.2) is 0 Å². The maximum absolute atomic E-state index is 12.0. The molecule has 0 radical (unpaired) electrons. The number of anilines is 1. The summed E-state index contributed by atoms with van der Waals surface area (Å²) < 4.78 is 5.67. The number of aromatic amines is 1. The third kappa shape index (κ3) is 3.98. The monoisotopic (exact) mass is 288 g/mol. The van der Waals surface area contributed by atoms with E-state index in [0.717, 1.165) is 12.2 Å². The first-order valence-electron chi connectivity index (χ1n) is 6.88. The molecule has 1 heterocycles. The predicted molar refractivity (Wildman–Crippen MR) is 81.3 cm³/mol. The Kier molecular flexibility index (Phi) is 4.81. The van der Waals surface area contributed by atoms with E-state index < -0.39 is 0 Å². The van der Waals surface area contributed by atoms with Gasteiger partial charge in [0.05, 0.1) is 6.54 Å². The van der Waals surface area contributed by atoms with Crippen LogP contribution in [0.25, 0.3) is 0 Å². The molecule has 2 rings (SSSR count). The van der Waals surface area contributed by atoms with Gasteiger partial charge >= 0.3 is 0 Å². The molecule has 1 aromatic carbocycles. The van der Waals surface area contributed by atoms with Crippen molar-refractivity contribution < 1.29 is 9.53 Å². The Hall–Kier alpha value is -2.50. The highest BCUT2D eigenvalue weighted by Crippen LogP contribution is 2.13. The fourth-order valence-corrected chi connectivity index (χ4v) is 1.91. The van der Waals surface area contributed by atoms with E-state index in [9.17, 15) is 4.79 Å². The maximum atomic E-state index is 12.0. The van der Waals surface area contributed by atoms with E-state index in [4.69, 9.17) is 10.5 Å². The van der Waals surface area contributed by atoms with E-state index in [2.05, 4.69) is 23.2 Å². The molecule has 0 fully saturated rings. The number of carbonyl (C=O) groups excluding carboxylic acids is 1. The lowest BCUT2D eigenvalue weighted by Crippen LogP contribution is -2.31. The summed E-state index contributed by atoms with van der Waals surface area (Å²) >= 11 is 0. The number of aromatic nitrogens is 2. The molecular formula is C15H20N4O2. The number of hydrogen-bond acceptors (Lipinski definition) is 4. The van der Waals surface area contributed by atoms with Crippen LogP contribution >= 0.6 is 0 Å². The molecule has 3 N–H and O–H groups in total. The first kappa shape index (κ1) is 14.9. The number of ether oxygens (including phenoxy) is 1. The lowest BCUT2D eigenvalue weighted by atomic mass is 10.2. The summed E-state index contributed by atoms with van der Waals surface area (Å²) in [6.45, 7) is 3.01. The number of aryl methyl sites for hydroxylation is 1. The van der Waals surface area contributed by atoms with Gasteiger partial charge in [-0.2, -0.15) is 5.10 Å². The number of nitrogens with one attached hydrogen (secondary N) is 1. The molecule has 0 aliphatic heterocycles. The van der Waals surface area contributed by atoms with Gasteiger partial charge in [-0.3, -0.25) is 9.89 Å². The second kappa shape index (κ2) is 6.78. The molecular weight excluding hydrogens is 268 g/mol. The van der Waals surface area contributed by atoms with Crippen molar-refractivity contribution in [1.29, 1.82) is 0 Å². The number of rotatable bonds is 6. The molecule has 0 unspecified atom stereocenters. The third-order valence-corrected chi connectivity index (χ3v) is 3.18. The average molecular weight is 288 g/mol. The molecule has 2 aromatic rings. The lowest BCUT2D eigenvalue weighted by Gasteiger charge is -2.16. The standard InChI is InChI=1S/C15H20N4O2/c1-3-11-5-4-6-12(9-11)21-8-7-19(2)15(20)13-10-14(16)18-17-13/h4-6,9-10H,3,7-8H2,1-2H3,(H3,16,17,18). The van der Waals surface area contributed by atoms with Crippen LogP contribution in [0.2, 0.25) is 0 Å². The first-order chi connectivity index (χ1) is 10.1. The number of nitrogens with two attached hydrogens (primary N) is 1. The Morgan fingerprint density at radius 1 is 1.43 bits per heavy atom. The van der Waals surface area contributed by atoms with Crippen molar-refractivity contribution >= 4 is 11.7 Å². The van der Waals surface area contributed by atoms with E-state index in [1.165, 1.54) is 11.6 Å². The van der Waals surface area contributed by atoms with Crippen LogP contribution in [0.15, 0.2) is 30.3 Å². The maximum Gasteiger partial charge on any atom is 0.271 e. The molecule has 0 bridgehead atoms. The predicted octanol–water partition coefficient (Wildman–Crippen LogP) is 1.71. The summed E-state index contributed by atoms with van der Waals surface area (Å²) in [5.41, 5.74) is 7.09. The summed E-state index contributed by atoms with van der Waals surface area (Å²) in [5, 5.41) is 6.34. The fourth-order valence-electron chi connectivity index (χ4n) is 1.91. The van der Waals surface area contributed by atoms with Gasteiger partial charge in [-0.15, -0.1) is 0 Å². The number of likely N-dealkylation sites (N-methyl/N-ethyl adjacent to an activating group) is 1. The molecule has 1 amide bonds. The van der Waals surface area contributed by atoms with Crippen LogP contribution in [0, 0.1) is 0 Å². The Morgan fingerprint density at radius 3 is 2.90 bits per heavy atom. The van der Waals surface area contributed by atoms with Crippen molar-refractivity contribution in [2.24, 2.45) is 0 Å². The quantitative estimate of drug-likeness (QED) is 0.847. The van der Waals surface area contributed by atoms with Crippen LogP contribution in [0.5, 0.6) is 5.75 Å². The van der Waals surface area contributed by atoms with E-state index in [1.54, 1.807) is 11.9 Å². The number of H-pyrrole nitrogens is 1. The number of amides is 1. The zero-order valence-corrected chi connectivity index (χ0v) is 12.3. The smallest absolute Gasteiger partial charge is 0.271 e. The van der Waals surface area contributed by atoms with E-state index in [0.29, 0.717) is 24.7 Å². The summed E-state index contributed by atoms with van der Waals surface area (Å²) in [7, 11) is 1.71. The normalized spacial score (nSPS) is 10.4. The highest BCUT2D eigenvalue weighted by Gasteiger charge is 2.13. The van der Waals surface area contributed by atoms with Gasteiger partial charge < -0.3 is 15.4 Å². The molecule has 0 saturated carbocycles. The van der Waals surface area contributed by atoms with Gasteiger partial charge in [-0.1, -0.05) is 19.1 Å². The summed E-state index contributed by atoms with van der Waals surface area (Å²) in [6.07, 6.45) is 0.969. The Bertz CT molecular complexity index is 609. The summed E-state index contributed by atoms with van der Waals surface area (Å²) in [5.74, 6) is 0.963. The summed E-state index contributed by atoms with van der Waals surface area (Å²) in [6, 6.07) is 9.47. The lowest BCUT2D eigenvalue weighted by molar-refractivity contribution is 0.0768. The van der Waals surface area contributed by atoms with E-state index in [1.807, 2.05) is 18.2 Å². The molecule has 0 aliphatic rings. The number of carbonyl (C=O) groups is 1. The number of hydrogen-bond donors (Lipinski definition) is 2. The number of nitrogen functional groups attached to an aromatic ring is 1. The fraction of sp³-hybridized carbons (Fsp3) is 0.333. The van der Waals surface area contributed by atoms with Crippen molar-refractivity contribution in [3.8, 4) is 5.75 Å². The Balaban J connectivity index is 1.83. The van der Waals surface area contributed by atoms with Crippen molar-refractivity contribution in [1.82, 2.24) is 15.1 Å². The van der Waals surface area contributed by atoms with Gasteiger partial charge in [0.1, 0.15) is 23.9 Å². The van der Waals surface area contributed by atoms with Crippen molar-refractivity contribution in [2.45, 2.75) is 13.3 Å². The van der Waals surface area contributed by atoms with Crippen LogP contribution in [-0.4, -0.2) is 41.2 Å². The van der Waals surface area contributed by atoms with Crippen LogP contribution in [-0.2, 0) is 6.42 Å². The van der Waals surface area contributed by atoms with Gasteiger partial charge in [0.2, 0.25) is 0 Å². The van der Waals surface area contributed by atoms with Gasteiger partial charge in [-0.05, 0) is 24.1 Å². The van der Waals surface area contributed by atoms with Gasteiger partial charge in [0.15, 0.2) is 0 Å². The third-order valence-electron chi connectivity index (χ3n) is 3.18. The van der Waals surface area contributed by atoms with E-state index >= 15 is 0 Å². The molecule has 0 spiro atoms. The number of benzene rings is 1. The minimum atomic E-state index is -0.162. The van der Waals surface area contributed by atoms with Crippen molar-refractivity contribution in [3.05, 3.63) is 41.6 Å². The molecule has 0 saturated heterocycles. The van der Waals surface area contributed by atoms with Crippen LogP contribution in [0.3, 0.4) is 0 Å². The molecule has 112 valence electrons. The molecule has 1 aromatic heterocycles. The highest BCUT2D eigenvalue weighted by atomic mass is 16.5. The molecule has 0 aliphatic carbocycles.